The molecule has 1 fully saturated rings. The summed E-state index contributed by atoms with van der Waals surface area (Å²) >= 11 is 7.13. The van der Waals surface area contributed by atoms with Gasteiger partial charge in [-0.3, -0.25) is 38.4 Å². The van der Waals surface area contributed by atoms with E-state index >= 15 is 0 Å². The lowest BCUT2D eigenvalue weighted by Crippen LogP contribution is -2.61. The van der Waals surface area contributed by atoms with Gasteiger partial charge < -0.3 is 58.1 Å². The highest BCUT2D eigenvalue weighted by Gasteiger charge is 2.40. The molecule has 1 aliphatic rings. The molecule has 20 nitrogen and oxygen atoms in total. The van der Waals surface area contributed by atoms with Crippen molar-refractivity contribution in [1.29, 1.82) is 0 Å². The van der Waals surface area contributed by atoms with Crippen molar-refractivity contribution in [1.82, 2.24) is 42.1 Å². The van der Waals surface area contributed by atoms with Crippen molar-refractivity contribution < 1.29 is 53.4 Å². The number of thioether (sulfide) groups is 2. The second-order valence-electron chi connectivity index (χ2n) is 16.2. The number of nitrogens with zero attached hydrogens (tertiary/aromatic N) is 1. The topological polar surface area (TPSA) is 308 Å². The molecule has 0 saturated carbocycles. The van der Waals surface area contributed by atoms with Crippen molar-refractivity contribution in [2.45, 2.75) is 122 Å². The highest BCUT2D eigenvalue weighted by atomic mass is 32.2. The third-order valence-corrected chi connectivity index (χ3v) is 11.6. The molecule has 0 bridgehead atoms. The lowest BCUT2D eigenvalue weighted by molar-refractivity contribution is -0.143. The Balaban J connectivity index is 3.07. The minimum absolute atomic E-state index is 0.0733. The standard InChI is InChI=1S/C39H69N9O11S3/c1-20(2)16-26(42-29(50)17-41-33(52)24(11-14-61-7)43-32(51)23(40)18-49)38(57)48-13-9-10-28(48)35(54)45-27(19-60)34(53)46-31(22(5)6)37(56)47-30(21(3)4)36(55)44-25(39(58)59)12-15-62-8/h20-28,30-31,49,60H,9-19,40H2,1-8H3,(H,41,52)(H,42,50)(H,43,51)(H,44,55)(H,45,54)(H,46,53)(H,47,56)(H,58,59)/t23-,24-,25-,26-,27-,28-,30-,31-/m0/s1. The average Bonchev–Trinajstić information content (AvgIpc) is 3.71. The Bertz CT molecular complexity index is 1540. The Morgan fingerprint density at radius 3 is 1.74 bits per heavy atom. The summed E-state index contributed by atoms with van der Waals surface area (Å²) in [5.74, 6) is -6.79. The van der Waals surface area contributed by atoms with Gasteiger partial charge in [-0.15, -0.1) is 0 Å². The first-order chi connectivity index (χ1) is 29.1. The number of hydrogen-bond donors (Lipinski definition) is 11. The molecule has 0 aromatic carbocycles. The fourth-order valence-corrected chi connectivity index (χ4v) is 7.58. The normalized spacial score (nSPS) is 17.2. The summed E-state index contributed by atoms with van der Waals surface area (Å²) in [6.45, 7) is 9.45. The number of carbonyl (C=O) groups is 9. The number of nitrogens with one attached hydrogen (secondary N) is 7. The van der Waals surface area contributed by atoms with Crippen LogP contribution in [0.1, 0.15) is 73.6 Å². The van der Waals surface area contributed by atoms with Crippen LogP contribution < -0.4 is 43.0 Å². The molecule has 354 valence electrons. The molecular weight excluding hydrogens is 867 g/mol. The van der Waals surface area contributed by atoms with Crippen LogP contribution >= 0.6 is 36.2 Å². The molecule has 0 aromatic rings. The molecule has 0 radical (unpaired) electrons. The van der Waals surface area contributed by atoms with E-state index in [2.05, 4.69) is 49.8 Å². The van der Waals surface area contributed by atoms with Crippen molar-refractivity contribution in [3.8, 4) is 0 Å². The quantitative estimate of drug-likeness (QED) is 0.0386. The van der Waals surface area contributed by atoms with Crippen LogP contribution in [0.15, 0.2) is 0 Å². The van der Waals surface area contributed by atoms with Gasteiger partial charge in [-0.25, -0.2) is 4.79 Å². The van der Waals surface area contributed by atoms with E-state index in [4.69, 9.17) is 5.73 Å². The van der Waals surface area contributed by atoms with Crippen molar-refractivity contribution in [2.24, 2.45) is 23.5 Å². The second kappa shape index (κ2) is 28.8. The van der Waals surface area contributed by atoms with E-state index in [0.29, 0.717) is 17.9 Å². The number of likely N-dealkylation sites (tertiary alicyclic amines) is 1. The van der Waals surface area contributed by atoms with Crippen LogP contribution in [0.4, 0.5) is 0 Å². The van der Waals surface area contributed by atoms with E-state index in [0.717, 1.165) is 0 Å². The number of rotatable bonds is 28. The first-order valence-corrected chi connectivity index (χ1v) is 24.1. The Morgan fingerprint density at radius 2 is 1.24 bits per heavy atom. The van der Waals surface area contributed by atoms with Crippen molar-refractivity contribution >= 4 is 89.4 Å². The maximum atomic E-state index is 14.0. The lowest BCUT2D eigenvalue weighted by Gasteiger charge is -2.31. The van der Waals surface area contributed by atoms with Gasteiger partial charge in [0.2, 0.25) is 47.3 Å². The van der Waals surface area contributed by atoms with Crippen molar-refractivity contribution in [2.75, 3.05) is 49.5 Å². The Kier molecular flexibility index (Phi) is 26.1. The molecule has 0 unspecified atom stereocenters. The molecule has 23 heteroatoms. The Hall–Kier alpha value is -3.80. The van der Waals surface area contributed by atoms with Gasteiger partial charge >= 0.3 is 5.97 Å². The van der Waals surface area contributed by atoms with Crippen LogP contribution in [0.3, 0.4) is 0 Å². The summed E-state index contributed by atoms with van der Waals surface area (Å²) in [6, 6.07) is -9.02. The van der Waals surface area contributed by atoms with Gasteiger partial charge in [-0.05, 0) is 73.9 Å². The van der Waals surface area contributed by atoms with Crippen LogP contribution in [0, 0.1) is 17.8 Å². The number of carbonyl (C=O) groups excluding carboxylic acids is 8. The summed E-state index contributed by atoms with van der Waals surface area (Å²) in [5, 5.41) is 36.8. The van der Waals surface area contributed by atoms with E-state index < -0.39 is 127 Å². The van der Waals surface area contributed by atoms with Gasteiger partial charge in [0.25, 0.3) is 0 Å². The summed E-state index contributed by atoms with van der Waals surface area (Å²) in [6.07, 6.45) is 4.95. The second-order valence-corrected chi connectivity index (χ2v) is 18.5. The number of nitrogens with two attached hydrogens (primary N) is 1. The van der Waals surface area contributed by atoms with Crippen molar-refractivity contribution in [3.63, 3.8) is 0 Å². The smallest absolute Gasteiger partial charge is 0.326 e. The number of aliphatic carboxylic acids is 1. The zero-order valence-corrected chi connectivity index (χ0v) is 39.5. The molecule has 0 spiro atoms. The summed E-state index contributed by atoms with van der Waals surface area (Å²) in [4.78, 5) is 119. The highest BCUT2D eigenvalue weighted by Crippen LogP contribution is 2.21. The third kappa shape index (κ3) is 18.9. The predicted molar refractivity (Wildman–Crippen MR) is 241 cm³/mol. The minimum Gasteiger partial charge on any atom is -0.480 e. The maximum Gasteiger partial charge on any atom is 0.326 e. The molecule has 8 amide bonds. The lowest BCUT2D eigenvalue weighted by atomic mass is 9.99. The number of aliphatic hydroxyl groups is 1. The Labute approximate surface area is 378 Å². The fraction of sp³-hybridized carbons (Fsp3) is 0.769. The molecule has 1 heterocycles. The predicted octanol–water partition coefficient (Wildman–Crippen LogP) is -1.80. The molecule has 1 saturated heterocycles. The zero-order chi connectivity index (χ0) is 47.3. The van der Waals surface area contributed by atoms with E-state index in [1.54, 1.807) is 27.7 Å². The van der Waals surface area contributed by atoms with Gasteiger partial charge in [0.05, 0.1) is 13.2 Å². The molecule has 8 atom stereocenters. The molecule has 11 N–H and O–H groups in total. The molecule has 0 aromatic heterocycles. The van der Waals surface area contributed by atoms with Crippen LogP contribution in [0.5, 0.6) is 0 Å². The van der Waals surface area contributed by atoms with Gasteiger partial charge in [0.1, 0.15) is 48.3 Å². The molecule has 0 aliphatic carbocycles. The van der Waals surface area contributed by atoms with Crippen LogP contribution in [-0.4, -0.2) is 166 Å². The summed E-state index contributed by atoms with van der Waals surface area (Å²) in [7, 11) is 0. The first kappa shape index (κ1) is 56.2. The number of carboxylic acid groups (broad SMARTS) is 1. The fourth-order valence-electron chi connectivity index (χ4n) is 6.38. The first-order valence-electron chi connectivity index (χ1n) is 20.7. The largest absolute Gasteiger partial charge is 0.480 e. The SMILES string of the molecule is CSCC[C@H](NC(=O)[C@@H](NC(=O)[C@@H](NC(=O)[C@H](CS)NC(=O)[C@@H]1CCCN1C(=O)[C@H](CC(C)C)NC(=O)CNC(=O)[C@H](CCSC)NC(=O)[C@@H](N)CO)C(C)C)C(C)C)C(=O)O. The van der Waals surface area contributed by atoms with E-state index in [9.17, 15) is 53.4 Å². The zero-order valence-electron chi connectivity index (χ0n) is 37.0. The average molecular weight is 936 g/mol. The Morgan fingerprint density at radius 1 is 0.710 bits per heavy atom. The van der Waals surface area contributed by atoms with Gasteiger partial charge in [-0.1, -0.05) is 41.5 Å². The van der Waals surface area contributed by atoms with Crippen LogP contribution in [0.2, 0.25) is 0 Å². The molecule has 1 rings (SSSR count). The van der Waals surface area contributed by atoms with E-state index in [1.165, 1.54) is 28.4 Å². The highest BCUT2D eigenvalue weighted by molar-refractivity contribution is 7.98. The molecule has 62 heavy (non-hydrogen) atoms. The summed E-state index contributed by atoms with van der Waals surface area (Å²) < 4.78 is 0. The maximum absolute atomic E-state index is 14.0. The molecule has 1 aliphatic heterocycles. The monoisotopic (exact) mass is 935 g/mol. The minimum atomic E-state index is -1.24. The van der Waals surface area contributed by atoms with Crippen molar-refractivity contribution in [3.05, 3.63) is 0 Å². The van der Waals surface area contributed by atoms with Gasteiger partial charge in [0, 0.05) is 12.3 Å². The molecular formula is C39H69N9O11S3. The van der Waals surface area contributed by atoms with Gasteiger partial charge in [-0.2, -0.15) is 36.2 Å². The summed E-state index contributed by atoms with van der Waals surface area (Å²) in [5.41, 5.74) is 5.57. The van der Waals surface area contributed by atoms with Gasteiger partial charge in [0.15, 0.2) is 0 Å². The van der Waals surface area contributed by atoms with Crippen LogP contribution in [0.25, 0.3) is 0 Å². The number of hydrogen-bond acceptors (Lipinski definition) is 14. The number of carboxylic acids is 1. The van der Waals surface area contributed by atoms with E-state index in [1.807, 2.05) is 26.4 Å². The van der Waals surface area contributed by atoms with E-state index in [-0.39, 0.29) is 43.9 Å². The number of aliphatic hydroxyl groups excluding tert-OH is 1. The van der Waals surface area contributed by atoms with Crippen LogP contribution in [-0.2, 0) is 43.2 Å². The number of thiol groups is 1. The third-order valence-electron chi connectivity index (χ3n) is 9.91. The number of amides is 8.